The van der Waals surface area contributed by atoms with Crippen molar-refractivity contribution >= 4 is 0 Å². The van der Waals surface area contributed by atoms with E-state index in [1.807, 2.05) is 0 Å². The van der Waals surface area contributed by atoms with Gasteiger partial charge < -0.3 is 10.5 Å². The van der Waals surface area contributed by atoms with Crippen LogP contribution >= 0.6 is 0 Å². The molecule has 1 unspecified atom stereocenters. The van der Waals surface area contributed by atoms with Crippen molar-refractivity contribution in [1.29, 1.82) is 0 Å². The van der Waals surface area contributed by atoms with Gasteiger partial charge in [-0.3, -0.25) is 4.90 Å². The van der Waals surface area contributed by atoms with Crippen LogP contribution in [0.1, 0.15) is 32.6 Å². The summed E-state index contributed by atoms with van der Waals surface area (Å²) in [5.41, 5.74) is 6.35. The van der Waals surface area contributed by atoms with Crippen LogP contribution in [0.2, 0.25) is 0 Å². The van der Waals surface area contributed by atoms with Crippen LogP contribution < -0.4 is 5.73 Å². The molecule has 0 aromatic rings. The maximum Gasteiger partial charge on any atom is 0.0700 e. The van der Waals surface area contributed by atoms with Gasteiger partial charge in [0.1, 0.15) is 0 Å². The zero-order valence-electron chi connectivity index (χ0n) is 9.87. The first kappa shape index (κ1) is 11.4. The van der Waals surface area contributed by atoms with Crippen molar-refractivity contribution in [2.45, 2.75) is 38.7 Å². The molecule has 0 spiro atoms. The molecule has 0 aromatic carbocycles. The van der Waals surface area contributed by atoms with Gasteiger partial charge in [-0.2, -0.15) is 0 Å². The Morgan fingerprint density at radius 3 is 2.80 bits per heavy atom. The van der Waals surface area contributed by atoms with E-state index >= 15 is 0 Å². The Hall–Kier alpha value is -0.120. The third kappa shape index (κ3) is 2.52. The fourth-order valence-corrected chi connectivity index (χ4v) is 2.75. The van der Waals surface area contributed by atoms with Crippen LogP contribution in [0, 0.1) is 5.41 Å². The molecule has 2 fully saturated rings. The summed E-state index contributed by atoms with van der Waals surface area (Å²) in [7, 11) is 0. The topological polar surface area (TPSA) is 38.5 Å². The molecule has 15 heavy (non-hydrogen) atoms. The average molecular weight is 212 g/mol. The van der Waals surface area contributed by atoms with Crippen LogP contribution in [-0.4, -0.2) is 43.8 Å². The predicted molar refractivity (Wildman–Crippen MR) is 61.8 cm³/mol. The van der Waals surface area contributed by atoms with Gasteiger partial charge >= 0.3 is 0 Å². The smallest absolute Gasteiger partial charge is 0.0700 e. The summed E-state index contributed by atoms with van der Waals surface area (Å²) in [5.74, 6) is 0. The molecule has 88 valence electrons. The lowest BCUT2D eigenvalue weighted by Crippen LogP contribution is -2.51. The van der Waals surface area contributed by atoms with Gasteiger partial charge in [0.2, 0.25) is 0 Å². The van der Waals surface area contributed by atoms with Crippen molar-refractivity contribution in [1.82, 2.24) is 4.90 Å². The van der Waals surface area contributed by atoms with Gasteiger partial charge in [0, 0.05) is 19.6 Å². The third-order valence-electron chi connectivity index (χ3n) is 4.08. The number of ether oxygens (including phenoxy) is 1. The van der Waals surface area contributed by atoms with Crippen LogP contribution in [0.5, 0.6) is 0 Å². The third-order valence-corrected chi connectivity index (χ3v) is 4.08. The summed E-state index contributed by atoms with van der Waals surface area (Å²) in [5, 5.41) is 0. The summed E-state index contributed by atoms with van der Waals surface area (Å²) < 4.78 is 5.68. The molecule has 0 bridgehead atoms. The van der Waals surface area contributed by atoms with E-state index in [9.17, 15) is 0 Å². The Bertz CT molecular complexity index is 198. The van der Waals surface area contributed by atoms with Crippen LogP contribution in [0.3, 0.4) is 0 Å². The second-order valence-corrected chi connectivity index (χ2v) is 5.19. The van der Waals surface area contributed by atoms with E-state index < -0.39 is 0 Å². The fraction of sp³-hybridized carbons (Fsp3) is 1.00. The molecule has 0 amide bonds. The van der Waals surface area contributed by atoms with Crippen molar-refractivity contribution < 1.29 is 4.74 Å². The molecule has 2 aliphatic rings. The van der Waals surface area contributed by atoms with E-state index in [1.54, 1.807) is 0 Å². The number of rotatable bonds is 4. The Morgan fingerprint density at radius 2 is 2.27 bits per heavy atom. The Kier molecular flexibility index (Phi) is 3.65. The molecular weight excluding hydrogens is 188 g/mol. The largest absolute Gasteiger partial charge is 0.376 e. The summed E-state index contributed by atoms with van der Waals surface area (Å²) in [6, 6.07) is 0. The summed E-state index contributed by atoms with van der Waals surface area (Å²) in [4.78, 5) is 2.56. The molecule has 1 aliphatic carbocycles. The van der Waals surface area contributed by atoms with Crippen molar-refractivity contribution in [3.8, 4) is 0 Å². The molecule has 0 radical (unpaired) electrons. The Labute approximate surface area is 93.0 Å². The van der Waals surface area contributed by atoms with E-state index in [2.05, 4.69) is 11.8 Å². The van der Waals surface area contributed by atoms with Gasteiger partial charge in [-0.1, -0.05) is 13.3 Å². The maximum atomic E-state index is 5.90. The van der Waals surface area contributed by atoms with Gasteiger partial charge in [0.05, 0.1) is 12.7 Å². The first-order valence-electron chi connectivity index (χ1n) is 6.32. The number of nitrogens with zero attached hydrogens (tertiary/aromatic N) is 1. The quantitative estimate of drug-likeness (QED) is 0.761. The first-order valence-corrected chi connectivity index (χ1v) is 6.32. The second kappa shape index (κ2) is 4.81. The molecule has 2 N–H and O–H groups in total. The first-order chi connectivity index (χ1) is 7.28. The standard InChI is InChI=1S/C12H24N2O/c1-2-11-8-14(6-7-15-11)10-12(9-13)4-3-5-12/h11H,2-10,13H2,1H3. The highest BCUT2D eigenvalue weighted by Crippen LogP contribution is 2.40. The van der Waals surface area contributed by atoms with E-state index in [4.69, 9.17) is 10.5 Å². The molecule has 2 rings (SSSR count). The molecule has 0 aromatic heterocycles. The number of hydrogen-bond donors (Lipinski definition) is 1. The molecule has 3 heteroatoms. The van der Waals surface area contributed by atoms with E-state index in [0.717, 1.165) is 32.7 Å². The molecule has 1 aliphatic heterocycles. The average Bonchev–Trinajstić information content (AvgIpc) is 2.24. The minimum atomic E-state index is 0.452. The molecule has 1 saturated heterocycles. The second-order valence-electron chi connectivity index (χ2n) is 5.19. The highest BCUT2D eigenvalue weighted by Gasteiger charge is 2.37. The lowest BCUT2D eigenvalue weighted by atomic mass is 9.68. The van der Waals surface area contributed by atoms with Gasteiger partial charge in [-0.15, -0.1) is 0 Å². The molecule has 1 heterocycles. The van der Waals surface area contributed by atoms with Gasteiger partial charge in [-0.25, -0.2) is 0 Å². The molecule has 1 atom stereocenters. The van der Waals surface area contributed by atoms with Crippen molar-refractivity contribution in [3.05, 3.63) is 0 Å². The Morgan fingerprint density at radius 1 is 1.47 bits per heavy atom. The fourth-order valence-electron chi connectivity index (χ4n) is 2.75. The van der Waals surface area contributed by atoms with E-state index in [-0.39, 0.29) is 0 Å². The van der Waals surface area contributed by atoms with Gasteiger partial charge in [0.25, 0.3) is 0 Å². The van der Waals surface area contributed by atoms with Crippen molar-refractivity contribution in [3.63, 3.8) is 0 Å². The lowest BCUT2D eigenvalue weighted by molar-refractivity contribution is -0.0511. The van der Waals surface area contributed by atoms with Crippen LogP contribution in [-0.2, 0) is 4.74 Å². The maximum absolute atomic E-state index is 5.90. The highest BCUT2D eigenvalue weighted by molar-refractivity contribution is 4.92. The molecule has 3 nitrogen and oxygen atoms in total. The van der Waals surface area contributed by atoms with E-state index in [1.165, 1.54) is 25.8 Å². The van der Waals surface area contributed by atoms with Gasteiger partial charge in [0.15, 0.2) is 0 Å². The summed E-state index contributed by atoms with van der Waals surface area (Å²) in [6.07, 6.45) is 5.62. The van der Waals surface area contributed by atoms with E-state index in [0.29, 0.717) is 11.5 Å². The normalized spacial score (nSPS) is 31.2. The minimum Gasteiger partial charge on any atom is -0.376 e. The summed E-state index contributed by atoms with van der Waals surface area (Å²) >= 11 is 0. The van der Waals surface area contributed by atoms with Crippen LogP contribution in [0.25, 0.3) is 0 Å². The number of hydrogen-bond acceptors (Lipinski definition) is 3. The number of morpholine rings is 1. The minimum absolute atomic E-state index is 0.452. The van der Waals surface area contributed by atoms with Crippen molar-refractivity contribution in [2.24, 2.45) is 11.1 Å². The highest BCUT2D eigenvalue weighted by atomic mass is 16.5. The van der Waals surface area contributed by atoms with Gasteiger partial charge in [-0.05, 0) is 31.2 Å². The van der Waals surface area contributed by atoms with Crippen molar-refractivity contribution in [2.75, 3.05) is 32.8 Å². The lowest BCUT2D eigenvalue weighted by Gasteiger charge is -2.46. The monoisotopic (exact) mass is 212 g/mol. The predicted octanol–water partition coefficient (Wildman–Crippen LogP) is 1.23. The van der Waals surface area contributed by atoms with Crippen LogP contribution in [0.15, 0.2) is 0 Å². The summed E-state index contributed by atoms with van der Waals surface area (Å²) in [6.45, 7) is 7.37. The molecule has 1 saturated carbocycles. The molecular formula is C12H24N2O. The number of nitrogens with two attached hydrogens (primary N) is 1. The Balaban J connectivity index is 1.82. The zero-order valence-corrected chi connectivity index (χ0v) is 9.87. The SMILES string of the molecule is CCC1CN(CC2(CN)CCC2)CCO1. The zero-order chi connectivity index (χ0) is 10.7. The van der Waals surface area contributed by atoms with Crippen LogP contribution in [0.4, 0.5) is 0 Å².